The van der Waals surface area contributed by atoms with Crippen LogP contribution in [0.5, 0.6) is 11.5 Å². The highest BCUT2D eigenvalue weighted by Gasteiger charge is 2.31. The summed E-state index contributed by atoms with van der Waals surface area (Å²) in [4.78, 5) is 37.6. The zero-order chi connectivity index (χ0) is 19.2. The number of amides is 3. The van der Waals surface area contributed by atoms with E-state index in [0.29, 0.717) is 16.9 Å². The van der Waals surface area contributed by atoms with E-state index < -0.39 is 11.8 Å². The molecule has 0 saturated heterocycles. The van der Waals surface area contributed by atoms with Gasteiger partial charge in [0.2, 0.25) is 11.8 Å². The lowest BCUT2D eigenvalue weighted by molar-refractivity contribution is -0.133. The summed E-state index contributed by atoms with van der Waals surface area (Å²) >= 11 is 0. The van der Waals surface area contributed by atoms with Crippen LogP contribution in [0.3, 0.4) is 0 Å². The summed E-state index contributed by atoms with van der Waals surface area (Å²) in [6, 6.07) is 14.0. The standard InChI is InChI=1S/C20H20N2O5/c1-26-15-6-8-16(9-7-15)27-11-10-21-18(23)13-22-19(24)12-14-4-2-3-5-17(14)20(22)25/h2-9H,10-13H2,1H3,(H,21,23). The molecule has 1 aliphatic rings. The van der Waals surface area contributed by atoms with E-state index in [1.807, 2.05) is 0 Å². The van der Waals surface area contributed by atoms with Crippen molar-refractivity contribution in [1.29, 1.82) is 0 Å². The van der Waals surface area contributed by atoms with E-state index in [-0.39, 0.29) is 32.0 Å². The number of nitrogens with zero attached hydrogens (tertiary/aromatic N) is 1. The van der Waals surface area contributed by atoms with E-state index in [9.17, 15) is 14.4 Å². The number of carbonyl (C=O) groups is 3. The molecule has 7 heteroatoms. The Morgan fingerprint density at radius 3 is 2.52 bits per heavy atom. The van der Waals surface area contributed by atoms with Gasteiger partial charge in [-0.25, -0.2) is 0 Å². The molecule has 0 aliphatic carbocycles. The highest BCUT2D eigenvalue weighted by Crippen LogP contribution is 2.19. The van der Waals surface area contributed by atoms with Crippen LogP contribution >= 0.6 is 0 Å². The fraction of sp³-hybridized carbons (Fsp3) is 0.250. The van der Waals surface area contributed by atoms with Gasteiger partial charge in [0, 0.05) is 5.56 Å². The van der Waals surface area contributed by atoms with Gasteiger partial charge in [-0.2, -0.15) is 0 Å². The molecule has 0 aromatic heterocycles. The highest BCUT2D eigenvalue weighted by atomic mass is 16.5. The van der Waals surface area contributed by atoms with Gasteiger partial charge >= 0.3 is 0 Å². The summed E-state index contributed by atoms with van der Waals surface area (Å²) in [6.07, 6.45) is 0.121. The van der Waals surface area contributed by atoms with Gasteiger partial charge in [0.1, 0.15) is 24.7 Å². The molecule has 3 amide bonds. The molecule has 0 atom stereocenters. The second-order valence-electron chi connectivity index (χ2n) is 5.99. The SMILES string of the molecule is COc1ccc(OCCNC(=O)CN2C(=O)Cc3ccccc3C2=O)cc1. The summed E-state index contributed by atoms with van der Waals surface area (Å²) in [5, 5.41) is 2.65. The number of carbonyl (C=O) groups excluding carboxylic acids is 3. The van der Waals surface area contributed by atoms with Crippen LogP contribution in [-0.4, -0.2) is 49.4 Å². The van der Waals surface area contributed by atoms with Crippen LogP contribution in [-0.2, 0) is 16.0 Å². The molecule has 0 unspecified atom stereocenters. The van der Waals surface area contributed by atoms with Crippen LogP contribution in [0.1, 0.15) is 15.9 Å². The van der Waals surface area contributed by atoms with Crippen molar-refractivity contribution in [3.8, 4) is 11.5 Å². The molecular formula is C20H20N2O5. The van der Waals surface area contributed by atoms with E-state index in [0.717, 1.165) is 10.6 Å². The van der Waals surface area contributed by atoms with Crippen LogP contribution in [0.25, 0.3) is 0 Å². The number of nitrogens with one attached hydrogen (secondary N) is 1. The summed E-state index contributed by atoms with van der Waals surface area (Å²) < 4.78 is 10.6. The molecule has 0 radical (unpaired) electrons. The third-order valence-corrected chi connectivity index (χ3v) is 4.19. The van der Waals surface area contributed by atoms with E-state index in [1.54, 1.807) is 55.6 Å². The molecule has 7 nitrogen and oxygen atoms in total. The Bertz CT molecular complexity index is 848. The molecule has 3 rings (SSSR count). The van der Waals surface area contributed by atoms with Crippen molar-refractivity contribution < 1.29 is 23.9 Å². The minimum Gasteiger partial charge on any atom is -0.497 e. The normalized spacial score (nSPS) is 13.1. The molecule has 0 bridgehead atoms. The maximum absolute atomic E-state index is 12.4. The van der Waals surface area contributed by atoms with Gasteiger partial charge in [-0.1, -0.05) is 18.2 Å². The van der Waals surface area contributed by atoms with Crippen molar-refractivity contribution in [3.05, 3.63) is 59.7 Å². The third-order valence-electron chi connectivity index (χ3n) is 4.19. The van der Waals surface area contributed by atoms with E-state index in [2.05, 4.69) is 5.32 Å². The van der Waals surface area contributed by atoms with Gasteiger partial charge in [0.15, 0.2) is 0 Å². The number of methoxy groups -OCH3 is 1. The van der Waals surface area contributed by atoms with Gasteiger partial charge in [-0.15, -0.1) is 0 Å². The summed E-state index contributed by atoms with van der Waals surface area (Å²) in [7, 11) is 1.59. The number of fused-ring (bicyclic) bond motifs is 1. The zero-order valence-corrected chi connectivity index (χ0v) is 14.9. The molecule has 0 spiro atoms. The quantitative estimate of drug-likeness (QED) is 0.590. The third kappa shape index (κ3) is 4.44. The van der Waals surface area contributed by atoms with Crippen molar-refractivity contribution in [3.63, 3.8) is 0 Å². The molecule has 0 saturated carbocycles. The second-order valence-corrected chi connectivity index (χ2v) is 5.99. The highest BCUT2D eigenvalue weighted by molar-refractivity contribution is 6.11. The molecule has 27 heavy (non-hydrogen) atoms. The molecule has 0 fully saturated rings. The van der Waals surface area contributed by atoms with E-state index in [1.165, 1.54) is 0 Å². The molecule has 2 aromatic carbocycles. The lowest BCUT2D eigenvalue weighted by atomic mass is 9.98. The molecule has 140 valence electrons. The number of hydrogen-bond donors (Lipinski definition) is 1. The fourth-order valence-corrected chi connectivity index (χ4v) is 2.79. The molecule has 1 N–H and O–H groups in total. The van der Waals surface area contributed by atoms with Gasteiger partial charge in [0.05, 0.1) is 20.1 Å². The maximum atomic E-state index is 12.4. The fourth-order valence-electron chi connectivity index (χ4n) is 2.79. The zero-order valence-electron chi connectivity index (χ0n) is 14.9. The van der Waals surface area contributed by atoms with E-state index >= 15 is 0 Å². The van der Waals surface area contributed by atoms with Crippen molar-refractivity contribution in [1.82, 2.24) is 10.2 Å². The Morgan fingerprint density at radius 1 is 1.07 bits per heavy atom. The van der Waals surface area contributed by atoms with Crippen LogP contribution in [0.2, 0.25) is 0 Å². The van der Waals surface area contributed by atoms with Gasteiger partial charge in [0.25, 0.3) is 5.91 Å². The Hall–Kier alpha value is -3.35. The number of benzene rings is 2. The first-order valence-corrected chi connectivity index (χ1v) is 8.54. The van der Waals surface area contributed by atoms with Gasteiger partial charge in [-0.3, -0.25) is 19.3 Å². The first kappa shape index (κ1) is 18.4. The smallest absolute Gasteiger partial charge is 0.261 e. The maximum Gasteiger partial charge on any atom is 0.261 e. The number of rotatable bonds is 7. The second kappa shape index (κ2) is 8.35. The monoisotopic (exact) mass is 368 g/mol. The first-order chi connectivity index (χ1) is 13.1. The van der Waals surface area contributed by atoms with Crippen molar-refractivity contribution in [2.45, 2.75) is 6.42 Å². The Balaban J connectivity index is 1.46. The van der Waals surface area contributed by atoms with Crippen LogP contribution in [0.4, 0.5) is 0 Å². The minimum atomic E-state index is -0.438. The summed E-state index contributed by atoms with van der Waals surface area (Å²) in [6.45, 7) is 0.231. The number of imide groups is 1. The number of hydrogen-bond acceptors (Lipinski definition) is 5. The predicted octanol–water partition coefficient (Wildman–Crippen LogP) is 1.42. The van der Waals surface area contributed by atoms with E-state index in [4.69, 9.17) is 9.47 Å². The predicted molar refractivity (Wildman–Crippen MR) is 97.7 cm³/mol. The van der Waals surface area contributed by atoms with Crippen molar-refractivity contribution in [2.75, 3.05) is 26.8 Å². The molecule has 1 heterocycles. The topological polar surface area (TPSA) is 84.9 Å². The molecule has 1 aliphatic heterocycles. The van der Waals surface area contributed by atoms with Crippen molar-refractivity contribution >= 4 is 17.7 Å². The Kier molecular flexibility index (Phi) is 5.71. The summed E-state index contributed by atoms with van der Waals surface area (Å²) in [5.41, 5.74) is 1.16. The largest absolute Gasteiger partial charge is 0.497 e. The lowest BCUT2D eigenvalue weighted by Gasteiger charge is -2.26. The van der Waals surface area contributed by atoms with Crippen LogP contribution in [0.15, 0.2) is 48.5 Å². The lowest BCUT2D eigenvalue weighted by Crippen LogP contribution is -2.48. The summed E-state index contributed by atoms with van der Waals surface area (Å²) in [5.74, 6) is 0.167. The Morgan fingerprint density at radius 2 is 1.78 bits per heavy atom. The van der Waals surface area contributed by atoms with Crippen LogP contribution in [0, 0.1) is 0 Å². The van der Waals surface area contributed by atoms with Crippen molar-refractivity contribution in [2.24, 2.45) is 0 Å². The average Bonchev–Trinajstić information content (AvgIpc) is 2.69. The molecular weight excluding hydrogens is 348 g/mol. The first-order valence-electron chi connectivity index (χ1n) is 8.54. The van der Waals surface area contributed by atoms with Crippen LogP contribution < -0.4 is 14.8 Å². The van der Waals surface area contributed by atoms with Gasteiger partial charge in [-0.05, 0) is 35.9 Å². The molecule has 2 aromatic rings. The average molecular weight is 368 g/mol. The van der Waals surface area contributed by atoms with Gasteiger partial charge < -0.3 is 14.8 Å². The number of ether oxygens (including phenoxy) is 2. The Labute approximate surface area is 156 Å². The minimum absolute atomic E-state index is 0.121.